The fourth-order valence-electron chi connectivity index (χ4n) is 1.78. The zero-order valence-corrected chi connectivity index (χ0v) is 11.7. The highest BCUT2D eigenvalue weighted by Crippen LogP contribution is 2.18. The second-order valence-electron chi connectivity index (χ2n) is 4.54. The predicted molar refractivity (Wildman–Crippen MR) is 83.2 cm³/mol. The maximum atomic E-state index is 12.1. The number of hydrogen-bond donors (Lipinski definition) is 3. The van der Waals surface area contributed by atoms with Crippen molar-refractivity contribution in [1.29, 1.82) is 0 Å². The Kier molecular flexibility index (Phi) is 4.60. The van der Waals surface area contributed by atoms with Gasteiger partial charge in [-0.2, -0.15) is 0 Å². The molecule has 2 rings (SSSR count). The molecule has 0 radical (unpaired) electrons. The van der Waals surface area contributed by atoms with Gasteiger partial charge in [0.05, 0.1) is 6.54 Å². The molecule has 1 amide bonds. The number of amides is 1. The standard InChI is InChI=1S/C17H16N2O2/c1-12-7-8-14(11-16(12)20)17(21)19-15-6-2-4-13(10-15)5-3-9-18/h2,4,6-8,10-11,20H,9,18H2,1H3,(H,19,21). The highest BCUT2D eigenvalue weighted by atomic mass is 16.3. The molecule has 0 fully saturated rings. The Hall–Kier alpha value is -2.77. The smallest absolute Gasteiger partial charge is 0.255 e. The predicted octanol–water partition coefficient (Wildman–Crippen LogP) is 2.26. The Labute approximate surface area is 123 Å². The third kappa shape index (κ3) is 3.85. The normalized spacial score (nSPS) is 9.62. The van der Waals surface area contributed by atoms with Crippen LogP contribution in [0.2, 0.25) is 0 Å². The van der Waals surface area contributed by atoms with Crippen LogP contribution in [0.25, 0.3) is 0 Å². The van der Waals surface area contributed by atoms with E-state index in [1.165, 1.54) is 6.07 Å². The van der Waals surface area contributed by atoms with Crippen LogP contribution in [-0.2, 0) is 0 Å². The maximum Gasteiger partial charge on any atom is 0.255 e. The van der Waals surface area contributed by atoms with E-state index >= 15 is 0 Å². The van der Waals surface area contributed by atoms with Gasteiger partial charge in [-0.05, 0) is 42.8 Å². The molecule has 2 aromatic carbocycles. The Bertz CT molecular complexity index is 727. The average Bonchev–Trinajstić information content (AvgIpc) is 2.48. The van der Waals surface area contributed by atoms with Crippen LogP contribution in [0.5, 0.6) is 5.75 Å². The first-order valence-corrected chi connectivity index (χ1v) is 6.50. The van der Waals surface area contributed by atoms with E-state index in [4.69, 9.17) is 5.73 Å². The number of nitrogens with one attached hydrogen (secondary N) is 1. The molecule has 106 valence electrons. The lowest BCUT2D eigenvalue weighted by Gasteiger charge is -2.07. The van der Waals surface area contributed by atoms with Crippen molar-refractivity contribution in [1.82, 2.24) is 0 Å². The lowest BCUT2D eigenvalue weighted by Crippen LogP contribution is -2.11. The third-order valence-corrected chi connectivity index (χ3v) is 2.93. The summed E-state index contributed by atoms with van der Waals surface area (Å²) in [6.45, 7) is 2.07. The van der Waals surface area contributed by atoms with Crippen LogP contribution in [0.3, 0.4) is 0 Å². The Morgan fingerprint density at radius 2 is 2.10 bits per heavy atom. The number of hydrogen-bond acceptors (Lipinski definition) is 3. The van der Waals surface area contributed by atoms with Crippen molar-refractivity contribution in [2.45, 2.75) is 6.92 Å². The van der Waals surface area contributed by atoms with Gasteiger partial charge in [0.15, 0.2) is 0 Å². The van der Waals surface area contributed by atoms with Crippen LogP contribution < -0.4 is 11.1 Å². The zero-order chi connectivity index (χ0) is 15.2. The van der Waals surface area contributed by atoms with Crippen molar-refractivity contribution in [3.8, 4) is 17.6 Å². The van der Waals surface area contributed by atoms with Crippen molar-refractivity contribution < 1.29 is 9.90 Å². The molecule has 4 N–H and O–H groups in total. The summed E-state index contributed by atoms with van der Waals surface area (Å²) in [5.74, 6) is 5.49. The average molecular weight is 280 g/mol. The topological polar surface area (TPSA) is 75.4 Å². The molecule has 0 bridgehead atoms. The van der Waals surface area contributed by atoms with Crippen LogP contribution in [-0.4, -0.2) is 17.6 Å². The minimum atomic E-state index is -0.283. The summed E-state index contributed by atoms with van der Waals surface area (Å²) >= 11 is 0. The molecule has 0 atom stereocenters. The highest BCUT2D eigenvalue weighted by molar-refractivity contribution is 6.04. The molecule has 0 aliphatic carbocycles. The first-order valence-electron chi connectivity index (χ1n) is 6.50. The summed E-state index contributed by atoms with van der Waals surface area (Å²) < 4.78 is 0. The molecule has 4 heteroatoms. The van der Waals surface area contributed by atoms with Gasteiger partial charge in [-0.3, -0.25) is 4.79 Å². The number of phenolic OH excluding ortho intramolecular Hbond substituents is 1. The van der Waals surface area contributed by atoms with Gasteiger partial charge < -0.3 is 16.2 Å². The van der Waals surface area contributed by atoms with E-state index in [-0.39, 0.29) is 11.7 Å². The lowest BCUT2D eigenvalue weighted by atomic mass is 10.1. The molecule has 0 aromatic heterocycles. The van der Waals surface area contributed by atoms with Crippen LogP contribution in [0.1, 0.15) is 21.5 Å². The number of aryl methyl sites for hydroxylation is 1. The van der Waals surface area contributed by atoms with Gasteiger partial charge >= 0.3 is 0 Å². The first-order chi connectivity index (χ1) is 10.1. The highest BCUT2D eigenvalue weighted by Gasteiger charge is 2.08. The van der Waals surface area contributed by atoms with Crippen molar-refractivity contribution in [2.75, 3.05) is 11.9 Å². The maximum absolute atomic E-state index is 12.1. The monoisotopic (exact) mass is 280 g/mol. The molecule has 2 aromatic rings. The van der Waals surface area contributed by atoms with Gasteiger partial charge in [0, 0.05) is 16.8 Å². The van der Waals surface area contributed by atoms with E-state index in [2.05, 4.69) is 17.2 Å². The van der Waals surface area contributed by atoms with E-state index in [1.54, 1.807) is 31.2 Å². The summed E-state index contributed by atoms with van der Waals surface area (Å²) in [7, 11) is 0. The molecule has 21 heavy (non-hydrogen) atoms. The summed E-state index contributed by atoms with van der Waals surface area (Å²) in [6.07, 6.45) is 0. The lowest BCUT2D eigenvalue weighted by molar-refractivity contribution is 0.102. The van der Waals surface area contributed by atoms with Crippen LogP contribution in [0.4, 0.5) is 5.69 Å². The number of nitrogens with two attached hydrogens (primary N) is 1. The van der Waals surface area contributed by atoms with Crippen LogP contribution in [0.15, 0.2) is 42.5 Å². The fourth-order valence-corrected chi connectivity index (χ4v) is 1.78. The van der Waals surface area contributed by atoms with E-state index < -0.39 is 0 Å². The number of phenols is 1. The van der Waals surface area contributed by atoms with Gasteiger partial charge in [-0.1, -0.05) is 24.0 Å². The van der Waals surface area contributed by atoms with E-state index in [0.717, 1.165) is 11.1 Å². The summed E-state index contributed by atoms with van der Waals surface area (Å²) in [5, 5.41) is 12.4. The van der Waals surface area contributed by atoms with Crippen molar-refractivity contribution >= 4 is 11.6 Å². The zero-order valence-electron chi connectivity index (χ0n) is 11.7. The molecule has 0 heterocycles. The van der Waals surface area contributed by atoms with Gasteiger partial charge in [0.25, 0.3) is 5.91 Å². The largest absolute Gasteiger partial charge is 0.508 e. The molecule has 0 unspecified atom stereocenters. The summed E-state index contributed by atoms with van der Waals surface area (Å²) in [5.41, 5.74) is 7.88. The molecule has 0 spiro atoms. The van der Waals surface area contributed by atoms with Gasteiger partial charge in [-0.25, -0.2) is 0 Å². The number of carbonyl (C=O) groups excluding carboxylic acids is 1. The summed E-state index contributed by atoms with van der Waals surface area (Å²) in [6, 6.07) is 12.0. The van der Waals surface area contributed by atoms with Crippen molar-refractivity contribution in [3.05, 3.63) is 59.2 Å². The minimum Gasteiger partial charge on any atom is -0.508 e. The second-order valence-corrected chi connectivity index (χ2v) is 4.54. The second kappa shape index (κ2) is 6.60. The number of carbonyl (C=O) groups is 1. The van der Waals surface area contributed by atoms with Gasteiger partial charge in [-0.15, -0.1) is 0 Å². The minimum absolute atomic E-state index is 0.102. The van der Waals surface area contributed by atoms with E-state index in [9.17, 15) is 9.90 Å². The van der Waals surface area contributed by atoms with Crippen LogP contribution >= 0.6 is 0 Å². The Balaban J connectivity index is 2.17. The molecular weight excluding hydrogens is 264 g/mol. The first kappa shape index (κ1) is 14.6. The summed E-state index contributed by atoms with van der Waals surface area (Å²) in [4.78, 5) is 12.1. The molecule has 0 saturated heterocycles. The quantitative estimate of drug-likeness (QED) is 0.739. The molecule has 0 saturated carbocycles. The fraction of sp³-hybridized carbons (Fsp3) is 0.118. The van der Waals surface area contributed by atoms with E-state index in [0.29, 0.717) is 17.8 Å². The number of anilines is 1. The molecule has 4 nitrogen and oxygen atoms in total. The number of benzene rings is 2. The van der Waals surface area contributed by atoms with Crippen LogP contribution in [0, 0.1) is 18.8 Å². The Morgan fingerprint density at radius 1 is 1.29 bits per heavy atom. The van der Waals surface area contributed by atoms with E-state index in [1.807, 2.05) is 12.1 Å². The van der Waals surface area contributed by atoms with Gasteiger partial charge in [0.1, 0.15) is 5.75 Å². The molecule has 0 aliphatic rings. The SMILES string of the molecule is Cc1ccc(C(=O)Nc2cccc(C#CCN)c2)cc1O. The number of rotatable bonds is 2. The molecule has 0 aliphatic heterocycles. The third-order valence-electron chi connectivity index (χ3n) is 2.93. The molecular formula is C17H16N2O2. The van der Waals surface area contributed by atoms with Crippen molar-refractivity contribution in [3.63, 3.8) is 0 Å². The number of aromatic hydroxyl groups is 1. The Morgan fingerprint density at radius 3 is 2.81 bits per heavy atom. The van der Waals surface area contributed by atoms with Crippen molar-refractivity contribution in [2.24, 2.45) is 5.73 Å². The van der Waals surface area contributed by atoms with Gasteiger partial charge in [0.2, 0.25) is 0 Å².